The average molecular weight is 309 g/mol. The molecule has 1 atom stereocenters. The van der Waals surface area contributed by atoms with Crippen LogP contribution >= 0.6 is 11.8 Å². The maximum Gasteiger partial charge on any atom is 0.271 e. The third-order valence-electron chi connectivity index (χ3n) is 2.91. The number of carbonyl (C=O) groups is 1. The van der Waals surface area contributed by atoms with Crippen molar-refractivity contribution >= 4 is 34.5 Å². The topological polar surface area (TPSA) is 98.3 Å². The Morgan fingerprint density at radius 3 is 3.00 bits per heavy atom. The minimum Gasteiger partial charge on any atom is -0.431 e. The zero-order valence-corrected chi connectivity index (χ0v) is 12.5. The summed E-state index contributed by atoms with van der Waals surface area (Å²) in [5.74, 6) is 0.0989. The Morgan fingerprint density at radius 1 is 1.57 bits per heavy atom. The van der Waals surface area contributed by atoms with Gasteiger partial charge < -0.3 is 9.73 Å². The Hall–Kier alpha value is -2.09. The summed E-state index contributed by atoms with van der Waals surface area (Å²) in [4.78, 5) is 26.0. The fourth-order valence-corrected chi connectivity index (χ4v) is 2.27. The first-order valence-corrected chi connectivity index (χ1v) is 7.45. The van der Waals surface area contributed by atoms with E-state index < -0.39 is 4.92 Å². The first-order chi connectivity index (χ1) is 9.99. The molecule has 8 heteroatoms. The number of rotatable bonds is 6. The first kappa shape index (κ1) is 15.3. The highest BCUT2D eigenvalue weighted by atomic mass is 32.2. The summed E-state index contributed by atoms with van der Waals surface area (Å²) in [6.07, 6.45) is 0.864. The molecule has 0 unspecified atom stereocenters. The third-order valence-corrected chi connectivity index (χ3v) is 3.74. The number of fused-ring (bicyclic) bond motifs is 1. The second-order valence-corrected chi connectivity index (χ2v) is 5.48. The van der Waals surface area contributed by atoms with E-state index in [4.69, 9.17) is 4.42 Å². The van der Waals surface area contributed by atoms with Crippen LogP contribution in [0, 0.1) is 10.1 Å². The van der Waals surface area contributed by atoms with Crippen molar-refractivity contribution in [1.82, 2.24) is 10.3 Å². The molecule has 112 valence electrons. The number of carbonyl (C=O) groups excluding carboxylic acids is 1. The monoisotopic (exact) mass is 309 g/mol. The van der Waals surface area contributed by atoms with Crippen molar-refractivity contribution < 1.29 is 14.1 Å². The molecule has 1 N–H and O–H groups in total. The van der Waals surface area contributed by atoms with E-state index >= 15 is 0 Å². The van der Waals surface area contributed by atoms with Crippen LogP contribution in [0.25, 0.3) is 11.1 Å². The largest absolute Gasteiger partial charge is 0.431 e. The summed E-state index contributed by atoms with van der Waals surface area (Å²) in [5, 5.41) is 13.8. The van der Waals surface area contributed by atoms with Crippen LogP contribution in [-0.4, -0.2) is 27.6 Å². The van der Waals surface area contributed by atoms with Gasteiger partial charge in [0.15, 0.2) is 5.58 Å². The molecule has 1 aromatic carbocycles. The van der Waals surface area contributed by atoms with Crippen molar-refractivity contribution in [2.75, 3.05) is 5.75 Å². The van der Waals surface area contributed by atoms with Crippen LogP contribution in [0.15, 0.2) is 27.8 Å². The Kier molecular flexibility index (Phi) is 4.79. The number of aromatic nitrogens is 1. The quantitative estimate of drug-likeness (QED) is 0.500. The van der Waals surface area contributed by atoms with Crippen LogP contribution in [0.1, 0.15) is 20.3 Å². The van der Waals surface area contributed by atoms with Gasteiger partial charge in [-0.05, 0) is 19.4 Å². The van der Waals surface area contributed by atoms with Crippen molar-refractivity contribution in [2.45, 2.75) is 31.5 Å². The molecule has 0 radical (unpaired) electrons. The van der Waals surface area contributed by atoms with Crippen molar-refractivity contribution in [1.29, 1.82) is 0 Å². The van der Waals surface area contributed by atoms with E-state index in [2.05, 4.69) is 10.3 Å². The number of nitro benzene ring substituents is 1. The smallest absolute Gasteiger partial charge is 0.271 e. The fraction of sp³-hybridized carbons (Fsp3) is 0.385. The number of hydrogen-bond acceptors (Lipinski definition) is 6. The molecule has 1 aromatic heterocycles. The first-order valence-electron chi connectivity index (χ1n) is 6.46. The van der Waals surface area contributed by atoms with Crippen LogP contribution in [0.2, 0.25) is 0 Å². The standard InChI is InChI=1S/C13H15N3O4S/c1-3-8(2)14-12(17)7-21-13-15-10-6-9(16(18)19)4-5-11(10)20-13/h4-6,8H,3,7H2,1-2H3,(H,14,17)/t8-/m0/s1. The lowest BCUT2D eigenvalue weighted by Crippen LogP contribution is -2.33. The number of oxazole rings is 1. The molecule has 2 aromatic rings. The third kappa shape index (κ3) is 3.94. The molecule has 0 fully saturated rings. The van der Waals surface area contributed by atoms with E-state index in [0.717, 1.165) is 18.2 Å². The van der Waals surface area contributed by atoms with Crippen LogP contribution in [0.5, 0.6) is 0 Å². The molecule has 21 heavy (non-hydrogen) atoms. The Labute approximate surface area is 125 Å². The summed E-state index contributed by atoms with van der Waals surface area (Å²) in [7, 11) is 0. The highest BCUT2D eigenvalue weighted by Gasteiger charge is 2.13. The Morgan fingerprint density at radius 2 is 2.33 bits per heavy atom. The number of nitro groups is 1. The van der Waals surface area contributed by atoms with Gasteiger partial charge in [0.05, 0.1) is 10.7 Å². The molecule has 7 nitrogen and oxygen atoms in total. The number of benzene rings is 1. The summed E-state index contributed by atoms with van der Waals surface area (Å²) < 4.78 is 5.43. The van der Waals surface area contributed by atoms with Crippen molar-refractivity contribution in [3.8, 4) is 0 Å². The highest BCUT2D eigenvalue weighted by molar-refractivity contribution is 7.99. The number of thioether (sulfide) groups is 1. The Bertz CT molecular complexity index is 670. The van der Waals surface area contributed by atoms with Crippen LogP contribution in [0.4, 0.5) is 5.69 Å². The van der Waals surface area contributed by atoms with Crippen molar-refractivity contribution in [3.05, 3.63) is 28.3 Å². The van der Waals surface area contributed by atoms with Crippen LogP contribution in [-0.2, 0) is 4.79 Å². The maximum absolute atomic E-state index is 11.7. The number of nitrogens with one attached hydrogen (secondary N) is 1. The van der Waals surface area contributed by atoms with Gasteiger partial charge in [-0.25, -0.2) is 4.98 Å². The normalized spacial score (nSPS) is 12.3. The lowest BCUT2D eigenvalue weighted by molar-refractivity contribution is -0.384. The molecule has 0 bridgehead atoms. The number of hydrogen-bond donors (Lipinski definition) is 1. The van der Waals surface area contributed by atoms with E-state index in [9.17, 15) is 14.9 Å². The molecule has 1 heterocycles. The van der Waals surface area contributed by atoms with Crippen LogP contribution in [0.3, 0.4) is 0 Å². The van der Waals surface area contributed by atoms with Crippen LogP contribution < -0.4 is 5.32 Å². The zero-order valence-electron chi connectivity index (χ0n) is 11.7. The predicted octanol–water partition coefficient (Wildman–Crippen LogP) is 2.74. The van der Waals surface area contributed by atoms with E-state index in [1.165, 1.54) is 18.2 Å². The van der Waals surface area contributed by atoms with Gasteiger partial charge in [-0.2, -0.15) is 0 Å². The van der Waals surface area contributed by atoms with Gasteiger partial charge >= 0.3 is 0 Å². The molecule has 0 spiro atoms. The second kappa shape index (κ2) is 6.57. The van der Waals surface area contributed by atoms with E-state index in [1.54, 1.807) is 0 Å². The molecular formula is C13H15N3O4S. The van der Waals surface area contributed by atoms with E-state index in [0.29, 0.717) is 16.3 Å². The lowest BCUT2D eigenvalue weighted by Gasteiger charge is -2.09. The summed E-state index contributed by atoms with van der Waals surface area (Å²) in [6.45, 7) is 3.92. The lowest BCUT2D eigenvalue weighted by atomic mass is 10.3. The van der Waals surface area contributed by atoms with Gasteiger partial charge in [-0.3, -0.25) is 14.9 Å². The fourth-order valence-electron chi connectivity index (χ4n) is 1.62. The molecule has 0 aliphatic rings. The molecule has 1 amide bonds. The van der Waals surface area contributed by atoms with Gasteiger partial charge in [0, 0.05) is 18.2 Å². The minimum absolute atomic E-state index is 0.0399. The summed E-state index contributed by atoms with van der Waals surface area (Å²) >= 11 is 1.16. The van der Waals surface area contributed by atoms with Gasteiger partial charge in [0.1, 0.15) is 5.52 Å². The summed E-state index contributed by atoms with van der Waals surface area (Å²) in [5.41, 5.74) is 0.835. The molecule has 0 aliphatic heterocycles. The number of amides is 1. The van der Waals surface area contributed by atoms with Gasteiger partial charge in [0.2, 0.25) is 5.91 Å². The second-order valence-electron chi connectivity index (χ2n) is 4.55. The average Bonchev–Trinajstić information content (AvgIpc) is 2.86. The van der Waals surface area contributed by atoms with Gasteiger partial charge in [-0.15, -0.1) is 0 Å². The minimum atomic E-state index is -0.486. The van der Waals surface area contributed by atoms with E-state index in [-0.39, 0.29) is 23.4 Å². The molecular weight excluding hydrogens is 294 g/mol. The number of nitrogens with zero attached hydrogens (tertiary/aromatic N) is 2. The summed E-state index contributed by atoms with van der Waals surface area (Å²) in [6, 6.07) is 4.34. The maximum atomic E-state index is 11.7. The van der Waals surface area contributed by atoms with Crippen molar-refractivity contribution in [2.24, 2.45) is 0 Å². The zero-order chi connectivity index (χ0) is 15.4. The van der Waals surface area contributed by atoms with Crippen molar-refractivity contribution in [3.63, 3.8) is 0 Å². The highest BCUT2D eigenvalue weighted by Crippen LogP contribution is 2.26. The molecule has 0 saturated carbocycles. The molecule has 2 rings (SSSR count). The predicted molar refractivity (Wildman–Crippen MR) is 79.3 cm³/mol. The number of non-ortho nitro benzene ring substituents is 1. The SMILES string of the molecule is CC[C@H](C)NC(=O)CSc1nc2cc([N+](=O)[O-])ccc2o1. The van der Waals surface area contributed by atoms with E-state index in [1.807, 2.05) is 13.8 Å². The van der Waals surface area contributed by atoms with Gasteiger partial charge in [0.25, 0.3) is 10.9 Å². The van der Waals surface area contributed by atoms with Gasteiger partial charge in [-0.1, -0.05) is 18.7 Å². The Balaban J connectivity index is 2.03. The molecule has 0 saturated heterocycles. The molecule has 0 aliphatic carbocycles.